The van der Waals surface area contributed by atoms with Crippen molar-refractivity contribution in [2.75, 3.05) is 0 Å². The quantitative estimate of drug-likeness (QED) is 0.857. The Kier molecular flexibility index (Phi) is 4.37. The Morgan fingerprint density at radius 2 is 1.65 bits per heavy atom. The van der Waals surface area contributed by atoms with E-state index in [1.165, 1.54) is 37.8 Å². The number of ether oxygens (including phenoxy) is 1. The molecule has 0 radical (unpaired) electrons. The van der Waals surface area contributed by atoms with Gasteiger partial charge in [0.2, 0.25) is 0 Å². The highest BCUT2D eigenvalue weighted by atomic mass is 19.1. The molecular formula is C14H20FNO. The number of halogens is 1. The second-order valence-corrected chi connectivity index (χ2v) is 4.77. The topological polar surface area (TPSA) is 35.2 Å². The zero-order chi connectivity index (χ0) is 12.1. The summed E-state index contributed by atoms with van der Waals surface area (Å²) < 4.78 is 18.6. The van der Waals surface area contributed by atoms with E-state index in [1.54, 1.807) is 12.1 Å². The molecule has 1 fully saturated rings. The first-order chi connectivity index (χ1) is 8.25. The molecule has 17 heavy (non-hydrogen) atoms. The summed E-state index contributed by atoms with van der Waals surface area (Å²) in [5, 5.41) is 0. The van der Waals surface area contributed by atoms with Crippen LogP contribution in [0.4, 0.5) is 4.39 Å². The second kappa shape index (κ2) is 6.01. The Labute approximate surface area is 102 Å². The van der Waals surface area contributed by atoms with Crippen molar-refractivity contribution in [3.8, 4) is 5.75 Å². The molecular weight excluding hydrogens is 217 g/mol. The third-order valence-corrected chi connectivity index (χ3v) is 3.35. The molecule has 0 saturated heterocycles. The van der Waals surface area contributed by atoms with Gasteiger partial charge in [-0.2, -0.15) is 0 Å². The molecule has 1 aromatic rings. The van der Waals surface area contributed by atoms with Crippen LogP contribution >= 0.6 is 0 Å². The first kappa shape index (κ1) is 12.4. The highest BCUT2D eigenvalue weighted by Crippen LogP contribution is 2.22. The zero-order valence-corrected chi connectivity index (χ0v) is 10.1. The van der Waals surface area contributed by atoms with Crippen molar-refractivity contribution in [3.63, 3.8) is 0 Å². The molecule has 0 bridgehead atoms. The lowest BCUT2D eigenvalue weighted by atomic mass is 9.95. The van der Waals surface area contributed by atoms with Gasteiger partial charge in [-0.25, -0.2) is 4.39 Å². The van der Waals surface area contributed by atoms with Gasteiger partial charge in [-0.1, -0.05) is 19.3 Å². The number of rotatable bonds is 2. The summed E-state index contributed by atoms with van der Waals surface area (Å²) in [7, 11) is 0. The minimum Gasteiger partial charge on any atom is -0.489 e. The number of benzene rings is 1. The molecule has 2 atom stereocenters. The van der Waals surface area contributed by atoms with Crippen molar-refractivity contribution < 1.29 is 9.13 Å². The van der Waals surface area contributed by atoms with E-state index in [0.29, 0.717) is 5.75 Å². The van der Waals surface area contributed by atoms with E-state index in [9.17, 15) is 4.39 Å². The summed E-state index contributed by atoms with van der Waals surface area (Å²) in [4.78, 5) is 0. The van der Waals surface area contributed by atoms with Crippen LogP contribution in [0.5, 0.6) is 5.75 Å². The molecule has 0 unspecified atom stereocenters. The Balaban J connectivity index is 1.97. The molecule has 0 heterocycles. The van der Waals surface area contributed by atoms with Crippen LogP contribution in [0.1, 0.15) is 38.5 Å². The Morgan fingerprint density at radius 1 is 1.00 bits per heavy atom. The fourth-order valence-electron chi connectivity index (χ4n) is 2.31. The number of nitrogens with two attached hydrogens (primary N) is 1. The molecule has 2 rings (SSSR count). The Hall–Kier alpha value is -1.09. The van der Waals surface area contributed by atoms with Crippen LogP contribution in [0.15, 0.2) is 24.3 Å². The van der Waals surface area contributed by atoms with Crippen LogP contribution in [-0.4, -0.2) is 12.1 Å². The average molecular weight is 237 g/mol. The molecule has 1 saturated carbocycles. The lowest BCUT2D eigenvalue weighted by Gasteiger charge is -2.27. The van der Waals surface area contributed by atoms with E-state index < -0.39 is 0 Å². The smallest absolute Gasteiger partial charge is 0.123 e. The van der Waals surface area contributed by atoms with E-state index in [-0.39, 0.29) is 18.0 Å². The summed E-state index contributed by atoms with van der Waals surface area (Å²) in [6.07, 6.45) is 6.97. The molecule has 94 valence electrons. The van der Waals surface area contributed by atoms with Crippen LogP contribution in [0.2, 0.25) is 0 Å². The van der Waals surface area contributed by atoms with E-state index in [0.717, 1.165) is 12.8 Å². The van der Waals surface area contributed by atoms with Gasteiger partial charge >= 0.3 is 0 Å². The largest absolute Gasteiger partial charge is 0.489 e. The highest BCUT2D eigenvalue weighted by molar-refractivity contribution is 5.22. The van der Waals surface area contributed by atoms with Gasteiger partial charge in [-0.3, -0.25) is 0 Å². The maximum absolute atomic E-state index is 12.8. The van der Waals surface area contributed by atoms with Gasteiger partial charge in [0.1, 0.15) is 17.7 Å². The van der Waals surface area contributed by atoms with Crippen molar-refractivity contribution >= 4 is 0 Å². The number of hydrogen-bond acceptors (Lipinski definition) is 2. The van der Waals surface area contributed by atoms with Gasteiger partial charge in [-0.05, 0) is 43.5 Å². The van der Waals surface area contributed by atoms with Crippen LogP contribution in [0, 0.1) is 5.82 Å². The maximum Gasteiger partial charge on any atom is 0.123 e. The molecule has 0 aromatic heterocycles. The van der Waals surface area contributed by atoms with Gasteiger partial charge < -0.3 is 10.5 Å². The molecule has 2 N–H and O–H groups in total. The minimum atomic E-state index is -0.237. The SMILES string of the molecule is N[C@@H]1CCCCCC[C@@H]1Oc1ccc(F)cc1. The maximum atomic E-state index is 12.8. The minimum absolute atomic E-state index is 0.0701. The molecule has 1 aliphatic rings. The molecule has 3 heteroatoms. The van der Waals surface area contributed by atoms with E-state index in [1.807, 2.05) is 0 Å². The summed E-state index contributed by atoms with van der Waals surface area (Å²) in [6, 6.07) is 6.27. The van der Waals surface area contributed by atoms with E-state index in [4.69, 9.17) is 10.5 Å². The fraction of sp³-hybridized carbons (Fsp3) is 0.571. The van der Waals surface area contributed by atoms with Crippen molar-refractivity contribution in [3.05, 3.63) is 30.1 Å². The van der Waals surface area contributed by atoms with Crippen molar-refractivity contribution in [1.82, 2.24) is 0 Å². The predicted octanol–water partition coefficient (Wildman–Crippen LogP) is 3.25. The fourth-order valence-corrected chi connectivity index (χ4v) is 2.31. The van der Waals surface area contributed by atoms with Crippen molar-refractivity contribution in [2.24, 2.45) is 5.73 Å². The average Bonchev–Trinajstić information content (AvgIpc) is 2.31. The Bertz CT molecular complexity index is 339. The highest BCUT2D eigenvalue weighted by Gasteiger charge is 2.20. The second-order valence-electron chi connectivity index (χ2n) is 4.77. The van der Waals surface area contributed by atoms with Crippen LogP contribution in [-0.2, 0) is 0 Å². The van der Waals surface area contributed by atoms with Crippen molar-refractivity contribution in [1.29, 1.82) is 0 Å². The monoisotopic (exact) mass is 237 g/mol. The van der Waals surface area contributed by atoms with E-state index in [2.05, 4.69) is 0 Å². The molecule has 1 aromatic carbocycles. The van der Waals surface area contributed by atoms with Crippen molar-refractivity contribution in [2.45, 2.75) is 50.7 Å². The summed E-state index contributed by atoms with van der Waals surface area (Å²) in [6.45, 7) is 0. The van der Waals surface area contributed by atoms with Gasteiger partial charge in [0, 0.05) is 6.04 Å². The standard InChI is InChI=1S/C14H20FNO/c15-11-7-9-12(10-8-11)17-14-6-4-2-1-3-5-13(14)16/h7-10,13-14H,1-6,16H2/t13-,14+/m1/s1. The third-order valence-electron chi connectivity index (χ3n) is 3.35. The normalized spacial score (nSPS) is 26.0. The van der Waals surface area contributed by atoms with Gasteiger partial charge in [0.25, 0.3) is 0 Å². The van der Waals surface area contributed by atoms with Gasteiger partial charge in [0.15, 0.2) is 0 Å². The molecule has 2 nitrogen and oxygen atoms in total. The first-order valence-corrected chi connectivity index (χ1v) is 6.43. The van der Waals surface area contributed by atoms with Crippen LogP contribution < -0.4 is 10.5 Å². The number of hydrogen-bond donors (Lipinski definition) is 1. The zero-order valence-electron chi connectivity index (χ0n) is 10.1. The third kappa shape index (κ3) is 3.70. The van der Waals surface area contributed by atoms with Gasteiger partial charge in [0.05, 0.1) is 0 Å². The summed E-state index contributed by atoms with van der Waals surface area (Å²) >= 11 is 0. The summed E-state index contributed by atoms with van der Waals surface area (Å²) in [5.74, 6) is 0.478. The Morgan fingerprint density at radius 3 is 2.35 bits per heavy atom. The van der Waals surface area contributed by atoms with Crippen LogP contribution in [0.3, 0.4) is 0 Å². The molecule has 0 aliphatic heterocycles. The predicted molar refractivity (Wildman–Crippen MR) is 66.5 cm³/mol. The van der Waals surface area contributed by atoms with Gasteiger partial charge in [-0.15, -0.1) is 0 Å². The first-order valence-electron chi connectivity index (χ1n) is 6.43. The molecule has 1 aliphatic carbocycles. The summed E-state index contributed by atoms with van der Waals surface area (Å²) in [5.41, 5.74) is 6.13. The molecule has 0 amide bonds. The van der Waals surface area contributed by atoms with E-state index >= 15 is 0 Å². The van der Waals surface area contributed by atoms with Crippen LogP contribution in [0.25, 0.3) is 0 Å². The molecule has 0 spiro atoms. The lowest BCUT2D eigenvalue weighted by molar-refractivity contribution is 0.145. The lowest BCUT2D eigenvalue weighted by Crippen LogP contribution is -2.39.